The Balaban J connectivity index is 1.74. The fourth-order valence-corrected chi connectivity index (χ4v) is 5.65. The van der Waals surface area contributed by atoms with Crippen LogP contribution in [0.5, 0.6) is 17.2 Å². The molecule has 0 bridgehead atoms. The molecule has 2 heterocycles. The van der Waals surface area contributed by atoms with Crippen molar-refractivity contribution in [3.63, 3.8) is 0 Å². The minimum absolute atomic E-state index is 0.0207. The second kappa shape index (κ2) is 13.4. The number of ketones is 1. The molecule has 1 N–H and O–H groups in total. The molecular weight excluding hydrogens is 520 g/mol. The molecule has 1 fully saturated rings. The van der Waals surface area contributed by atoms with Crippen molar-refractivity contribution in [1.82, 2.24) is 4.90 Å². The first-order valence-electron chi connectivity index (χ1n) is 14.9. The number of quaternary nitrogens is 1. The van der Waals surface area contributed by atoms with Crippen LogP contribution in [0.4, 0.5) is 0 Å². The van der Waals surface area contributed by atoms with Crippen LogP contribution in [-0.4, -0.2) is 62.6 Å². The summed E-state index contributed by atoms with van der Waals surface area (Å²) in [5.74, 6) is 0.538. The molecule has 8 nitrogen and oxygen atoms in total. The van der Waals surface area contributed by atoms with Gasteiger partial charge in [-0.05, 0) is 74.1 Å². The highest BCUT2D eigenvalue weighted by Crippen LogP contribution is 2.42. The van der Waals surface area contributed by atoms with E-state index in [0.717, 1.165) is 43.8 Å². The Morgan fingerprint density at radius 3 is 2.56 bits per heavy atom. The van der Waals surface area contributed by atoms with Gasteiger partial charge in [-0.3, -0.25) is 9.59 Å². The molecule has 2 atom stereocenters. The summed E-state index contributed by atoms with van der Waals surface area (Å²) in [6.07, 6.45) is 2.34. The molecule has 0 aliphatic carbocycles. The van der Waals surface area contributed by atoms with Crippen molar-refractivity contribution in [1.29, 1.82) is 0 Å². The van der Waals surface area contributed by atoms with E-state index in [9.17, 15) is 14.7 Å². The van der Waals surface area contributed by atoms with Gasteiger partial charge in [-0.1, -0.05) is 31.7 Å². The summed E-state index contributed by atoms with van der Waals surface area (Å²) in [6, 6.07) is 9.86. The van der Waals surface area contributed by atoms with Gasteiger partial charge in [-0.15, -0.1) is 0 Å². The lowest BCUT2D eigenvalue weighted by atomic mass is 9.94. The minimum atomic E-state index is -0.809. The first-order chi connectivity index (χ1) is 19.7. The third-order valence-corrected chi connectivity index (χ3v) is 8.07. The summed E-state index contributed by atoms with van der Waals surface area (Å²) in [4.78, 5) is 29.9. The number of benzene rings is 2. The number of nitrogens with one attached hydrogen (secondary N) is 1. The number of methoxy groups -OCH3 is 1. The van der Waals surface area contributed by atoms with Crippen molar-refractivity contribution >= 4 is 17.4 Å². The second-order valence-electron chi connectivity index (χ2n) is 11.4. The van der Waals surface area contributed by atoms with Crippen LogP contribution >= 0.6 is 0 Å². The monoisotopic (exact) mass is 564 g/mol. The molecule has 2 aliphatic rings. The number of rotatable bonds is 13. The van der Waals surface area contributed by atoms with Crippen LogP contribution in [0.25, 0.3) is 5.76 Å². The van der Waals surface area contributed by atoms with E-state index in [0.29, 0.717) is 48.1 Å². The van der Waals surface area contributed by atoms with Crippen LogP contribution in [0, 0.1) is 5.92 Å². The first-order valence-corrected chi connectivity index (χ1v) is 14.9. The third kappa shape index (κ3) is 6.70. The number of Topliss-reactive ketones (excluding diaryl/α,β-unsaturated/α-hetero) is 1. The normalized spacial score (nSPS) is 19.7. The maximum absolute atomic E-state index is 14.0. The molecule has 4 rings (SSSR count). The Morgan fingerprint density at radius 1 is 1.12 bits per heavy atom. The van der Waals surface area contributed by atoms with E-state index in [1.807, 2.05) is 13.0 Å². The van der Waals surface area contributed by atoms with Gasteiger partial charge >= 0.3 is 0 Å². The summed E-state index contributed by atoms with van der Waals surface area (Å²) in [5.41, 5.74) is 1.94. The third-order valence-electron chi connectivity index (χ3n) is 8.07. The minimum Gasteiger partial charge on any atom is -0.872 e. The van der Waals surface area contributed by atoms with Crippen LogP contribution in [0.3, 0.4) is 0 Å². The van der Waals surface area contributed by atoms with Crippen molar-refractivity contribution in [2.24, 2.45) is 5.92 Å². The molecule has 222 valence electrons. The fourth-order valence-electron chi connectivity index (χ4n) is 5.65. The Hall–Kier alpha value is -3.52. The Kier molecular flexibility index (Phi) is 9.97. The number of hydrogen-bond donors (Lipinski definition) is 1. The van der Waals surface area contributed by atoms with Crippen LogP contribution < -0.4 is 24.2 Å². The van der Waals surface area contributed by atoms with Crippen molar-refractivity contribution in [2.75, 3.05) is 39.9 Å². The molecule has 2 aromatic rings. The fraction of sp³-hybridized carbons (Fsp3) is 0.515. The van der Waals surface area contributed by atoms with E-state index in [-0.39, 0.29) is 11.7 Å². The highest BCUT2D eigenvalue weighted by atomic mass is 16.5. The van der Waals surface area contributed by atoms with Crippen molar-refractivity contribution in [3.05, 3.63) is 58.7 Å². The number of carbonyl (C=O) groups excluding carboxylic acids is 2. The average molecular weight is 565 g/mol. The molecule has 0 aromatic heterocycles. The SMILES string of the molecule is CC[NH+](CC)CCCN1C(=O)C(=O)/C(=C(/[O-])c2ccc3c(c2)CC(C)O3)C1c1ccc(OCCC(C)C)c(OC)c1. The largest absolute Gasteiger partial charge is 0.872 e. The number of ether oxygens (including phenoxy) is 3. The number of hydrogen-bond acceptors (Lipinski definition) is 6. The van der Waals surface area contributed by atoms with E-state index in [4.69, 9.17) is 14.2 Å². The zero-order chi connectivity index (χ0) is 29.7. The van der Waals surface area contributed by atoms with Gasteiger partial charge in [0.15, 0.2) is 11.5 Å². The average Bonchev–Trinajstić information content (AvgIpc) is 3.45. The molecule has 41 heavy (non-hydrogen) atoms. The summed E-state index contributed by atoms with van der Waals surface area (Å²) < 4.78 is 17.4. The topological polar surface area (TPSA) is 92.6 Å². The van der Waals surface area contributed by atoms with Crippen LogP contribution in [0.15, 0.2) is 42.0 Å². The van der Waals surface area contributed by atoms with Crippen molar-refractivity contribution in [2.45, 2.75) is 66.0 Å². The van der Waals surface area contributed by atoms with Gasteiger partial charge in [-0.25, -0.2) is 0 Å². The summed E-state index contributed by atoms with van der Waals surface area (Å²) in [6.45, 7) is 14.3. The number of fused-ring (bicyclic) bond motifs is 1. The van der Waals surface area contributed by atoms with E-state index in [2.05, 4.69) is 27.7 Å². The van der Waals surface area contributed by atoms with E-state index < -0.39 is 23.5 Å². The molecule has 2 aromatic carbocycles. The van der Waals surface area contributed by atoms with E-state index in [1.54, 1.807) is 42.3 Å². The molecular formula is C33H44N2O6. The molecule has 8 heteroatoms. The predicted octanol–water partition coefficient (Wildman–Crippen LogP) is 2.98. The zero-order valence-corrected chi connectivity index (χ0v) is 25.2. The predicted molar refractivity (Wildman–Crippen MR) is 156 cm³/mol. The Bertz CT molecular complexity index is 1280. The van der Waals surface area contributed by atoms with E-state index in [1.165, 1.54) is 4.90 Å². The molecule has 0 saturated carbocycles. The van der Waals surface area contributed by atoms with Crippen LogP contribution in [0.2, 0.25) is 0 Å². The number of carbonyl (C=O) groups is 2. The van der Waals surface area contributed by atoms with Gasteiger partial charge < -0.3 is 29.1 Å². The lowest BCUT2D eigenvalue weighted by molar-refractivity contribution is -0.896. The molecule has 2 aliphatic heterocycles. The lowest BCUT2D eigenvalue weighted by Gasteiger charge is -2.28. The van der Waals surface area contributed by atoms with Gasteiger partial charge in [0.25, 0.3) is 5.91 Å². The van der Waals surface area contributed by atoms with Crippen LogP contribution in [0.1, 0.15) is 70.2 Å². The molecule has 1 saturated heterocycles. The quantitative estimate of drug-likeness (QED) is 0.229. The maximum atomic E-state index is 14.0. The highest BCUT2D eigenvalue weighted by molar-refractivity contribution is 6.46. The summed E-state index contributed by atoms with van der Waals surface area (Å²) in [5, 5.41) is 14.0. The molecule has 2 unspecified atom stereocenters. The zero-order valence-electron chi connectivity index (χ0n) is 25.2. The maximum Gasteiger partial charge on any atom is 0.295 e. The molecule has 0 spiro atoms. The lowest BCUT2D eigenvalue weighted by Crippen LogP contribution is -3.11. The highest BCUT2D eigenvalue weighted by Gasteiger charge is 2.44. The number of amides is 1. The first kappa shape index (κ1) is 30.4. The molecule has 1 amide bonds. The van der Waals surface area contributed by atoms with Crippen LogP contribution in [-0.2, 0) is 16.0 Å². The van der Waals surface area contributed by atoms with Gasteiger partial charge in [0.1, 0.15) is 11.9 Å². The number of likely N-dealkylation sites (tertiary alicyclic amines) is 1. The summed E-state index contributed by atoms with van der Waals surface area (Å²) >= 11 is 0. The van der Waals surface area contributed by atoms with Crippen molar-refractivity contribution < 1.29 is 33.8 Å². The smallest absolute Gasteiger partial charge is 0.295 e. The Morgan fingerprint density at radius 2 is 1.88 bits per heavy atom. The standard InChI is InChI=1S/C33H44N2O6/c1-7-34(8-2)15-9-16-35-30(23-10-13-27(28(20-23)39-6)40-17-14-21(3)4)29(32(37)33(35)38)31(36)24-11-12-26-25(19-24)18-22(5)41-26/h10-13,19-22,30,36H,7-9,14-18H2,1-6H3/b31-29+. The van der Waals surface area contributed by atoms with E-state index >= 15 is 0 Å². The second-order valence-corrected chi connectivity index (χ2v) is 11.4. The van der Waals surface area contributed by atoms with Crippen molar-refractivity contribution in [3.8, 4) is 17.2 Å². The summed E-state index contributed by atoms with van der Waals surface area (Å²) in [7, 11) is 1.56. The Labute approximate surface area is 243 Å². The van der Waals surface area contributed by atoms with Gasteiger partial charge in [0.2, 0.25) is 5.78 Å². The van der Waals surface area contributed by atoms with Gasteiger partial charge in [-0.2, -0.15) is 0 Å². The van der Waals surface area contributed by atoms with Gasteiger partial charge in [0.05, 0.1) is 39.4 Å². The molecule has 0 radical (unpaired) electrons. The van der Waals surface area contributed by atoms with Gasteiger partial charge in [0, 0.05) is 25.0 Å². The number of nitrogens with zero attached hydrogens (tertiary/aromatic N) is 1.